The quantitative estimate of drug-likeness (QED) is 0.426. The van der Waals surface area contributed by atoms with Crippen molar-refractivity contribution in [2.45, 2.75) is 24.3 Å². The van der Waals surface area contributed by atoms with E-state index in [0.717, 1.165) is 12.8 Å². The van der Waals surface area contributed by atoms with Crippen LogP contribution < -0.4 is 10.0 Å². The van der Waals surface area contributed by atoms with Crippen LogP contribution in [0.2, 0.25) is 0 Å². The van der Waals surface area contributed by atoms with Crippen molar-refractivity contribution in [1.29, 1.82) is 0 Å². The van der Waals surface area contributed by atoms with Gasteiger partial charge in [0.1, 0.15) is 0 Å². The van der Waals surface area contributed by atoms with Gasteiger partial charge in [0.25, 0.3) is 21.8 Å². The normalized spacial score (nSPS) is 11.0. The molecular weight excluding hydrogens is 430 g/mol. The molecule has 8 nitrogen and oxygen atoms in total. The van der Waals surface area contributed by atoms with Crippen molar-refractivity contribution in [2.75, 3.05) is 6.54 Å². The van der Waals surface area contributed by atoms with Crippen LogP contribution in [0, 0.1) is 0 Å². The number of pyridine rings is 1. The number of hydrogen-bond acceptors (Lipinski definition) is 6. The number of aliphatic hydroxyl groups is 1. The number of sulfonamides is 1. The van der Waals surface area contributed by atoms with Crippen LogP contribution in [0.5, 0.6) is 0 Å². The summed E-state index contributed by atoms with van der Waals surface area (Å²) >= 11 is 0. The van der Waals surface area contributed by atoms with E-state index >= 15 is 0 Å². The number of aromatic nitrogens is 1. The molecule has 0 fully saturated rings. The lowest BCUT2D eigenvalue weighted by atomic mass is 10.1. The predicted molar refractivity (Wildman–Crippen MR) is 118 cm³/mol. The fourth-order valence-corrected chi connectivity index (χ4v) is 3.96. The molecule has 0 atom stereocenters. The Morgan fingerprint density at radius 2 is 1.69 bits per heavy atom. The van der Waals surface area contributed by atoms with Crippen molar-refractivity contribution in [3.63, 3.8) is 0 Å². The summed E-state index contributed by atoms with van der Waals surface area (Å²) in [5, 5.41) is 11.8. The van der Waals surface area contributed by atoms with Gasteiger partial charge in [0, 0.05) is 18.3 Å². The summed E-state index contributed by atoms with van der Waals surface area (Å²) in [6.07, 6.45) is 2.73. The molecule has 0 spiro atoms. The molecule has 0 bridgehead atoms. The first-order valence-corrected chi connectivity index (χ1v) is 11.4. The first kappa shape index (κ1) is 23.1. The highest BCUT2D eigenvalue weighted by molar-refractivity contribution is 7.90. The molecule has 0 aliphatic carbocycles. The molecule has 2 amide bonds. The van der Waals surface area contributed by atoms with Crippen LogP contribution in [0.15, 0.2) is 77.8 Å². The van der Waals surface area contributed by atoms with Gasteiger partial charge in [-0.1, -0.05) is 36.4 Å². The van der Waals surface area contributed by atoms with E-state index in [9.17, 15) is 18.0 Å². The summed E-state index contributed by atoms with van der Waals surface area (Å²) in [4.78, 5) is 28.3. The number of carbonyl (C=O) groups excluding carboxylic acids is 2. The lowest BCUT2D eigenvalue weighted by Crippen LogP contribution is -2.31. The molecule has 32 heavy (non-hydrogen) atoms. The Hall–Kier alpha value is -3.56. The fourth-order valence-electron chi connectivity index (χ4n) is 2.94. The minimum Gasteiger partial charge on any atom is -0.390 e. The largest absolute Gasteiger partial charge is 0.390 e. The second-order valence-corrected chi connectivity index (χ2v) is 8.69. The van der Waals surface area contributed by atoms with Crippen molar-refractivity contribution in [1.82, 2.24) is 15.0 Å². The minimum atomic E-state index is -4.20. The Balaban J connectivity index is 1.60. The zero-order valence-electron chi connectivity index (χ0n) is 17.2. The number of amides is 2. The number of aliphatic hydroxyl groups excluding tert-OH is 1. The summed E-state index contributed by atoms with van der Waals surface area (Å²) in [5.74, 6) is -1.26. The molecule has 0 unspecified atom stereocenters. The van der Waals surface area contributed by atoms with Crippen molar-refractivity contribution < 1.29 is 23.1 Å². The van der Waals surface area contributed by atoms with Gasteiger partial charge < -0.3 is 10.4 Å². The molecule has 3 aromatic rings. The molecule has 0 aliphatic heterocycles. The summed E-state index contributed by atoms with van der Waals surface area (Å²) < 4.78 is 27.2. The monoisotopic (exact) mass is 453 g/mol. The van der Waals surface area contributed by atoms with Gasteiger partial charge >= 0.3 is 0 Å². The van der Waals surface area contributed by atoms with Crippen molar-refractivity contribution in [2.24, 2.45) is 0 Å². The van der Waals surface area contributed by atoms with Crippen molar-refractivity contribution >= 4 is 21.8 Å². The summed E-state index contributed by atoms with van der Waals surface area (Å²) in [6, 6.07) is 18.1. The molecular formula is C23H23N3O5S. The summed E-state index contributed by atoms with van der Waals surface area (Å²) in [5.41, 5.74) is 1.73. The van der Waals surface area contributed by atoms with Crippen LogP contribution in [-0.2, 0) is 23.1 Å². The van der Waals surface area contributed by atoms with Gasteiger partial charge in [-0.05, 0) is 48.7 Å². The van der Waals surface area contributed by atoms with E-state index in [2.05, 4.69) is 10.3 Å². The molecule has 1 heterocycles. The second kappa shape index (κ2) is 10.7. The van der Waals surface area contributed by atoms with Gasteiger partial charge in [-0.15, -0.1) is 0 Å². The third-order valence-corrected chi connectivity index (χ3v) is 5.98. The van der Waals surface area contributed by atoms with Gasteiger partial charge in [0.05, 0.1) is 22.8 Å². The Labute approximate surface area is 186 Å². The van der Waals surface area contributed by atoms with E-state index in [-0.39, 0.29) is 22.6 Å². The van der Waals surface area contributed by atoms with Gasteiger partial charge in [-0.25, -0.2) is 13.1 Å². The molecule has 0 aliphatic rings. The summed E-state index contributed by atoms with van der Waals surface area (Å²) in [6.45, 7) is 0.152. The maximum absolute atomic E-state index is 12.6. The third-order valence-electron chi connectivity index (χ3n) is 4.65. The van der Waals surface area contributed by atoms with Gasteiger partial charge in [0.2, 0.25) is 0 Å². The molecule has 2 aromatic carbocycles. The zero-order chi connectivity index (χ0) is 23.0. The van der Waals surface area contributed by atoms with Crippen LogP contribution >= 0.6 is 0 Å². The number of carbonyl (C=O) groups is 2. The van der Waals surface area contributed by atoms with Crippen molar-refractivity contribution in [3.05, 3.63) is 95.3 Å². The Kier molecular flexibility index (Phi) is 7.69. The van der Waals surface area contributed by atoms with Gasteiger partial charge in [0.15, 0.2) is 0 Å². The SMILES string of the molecule is O=C(NCCCc1ccccc1)c1cccc(S(=O)(=O)NC(=O)c2ccc(CO)nc2)c1. The lowest BCUT2D eigenvalue weighted by molar-refractivity contribution is 0.0951. The molecule has 1 aromatic heterocycles. The number of nitrogens with zero attached hydrogens (tertiary/aromatic N) is 1. The number of nitrogens with one attached hydrogen (secondary N) is 2. The lowest BCUT2D eigenvalue weighted by Gasteiger charge is -2.09. The molecule has 0 saturated carbocycles. The average Bonchev–Trinajstić information content (AvgIpc) is 2.82. The Morgan fingerprint density at radius 3 is 2.38 bits per heavy atom. The molecule has 166 valence electrons. The molecule has 0 saturated heterocycles. The Morgan fingerprint density at radius 1 is 0.906 bits per heavy atom. The third kappa shape index (κ3) is 6.22. The highest BCUT2D eigenvalue weighted by Crippen LogP contribution is 2.13. The highest BCUT2D eigenvalue weighted by atomic mass is 32.2. The van der Waals surface area contributed by atoms with E-state index in [1.807, 2.05) is 35.1 Å². The van der Waals surface area contributed by atoms with E-state index in [1.54, 1.807) is 0 Å². The maximum atomic E-state index is 12.6. The molecule has 0 radical (unpaired) electrons. The van der Waals surface area contributed by atoms with E-state index < -0.39 is 21.8 Å². The van der Waals surface area contributed by atoms with Crippen LogP contribution in [-0.4, -0.2) is 36.9 Å². The first-order chi connectivity index (χ1) is 15.4. The van der Waals surface area contributed by atoms with E-state index in [0.29, 0.717) is 12.2 Å². The number of benzene rings is 2. The average molecular weight is 454 g/mol. The number of rotatable bonds is 9. The standard InChI is InChI=1S/C23H23N3O5S/c27-16-20-12-11-19(15-25-20)23(29)26-32(30,31)21-10-4-9-18(14-21)22(28)24-13-5-8-17-6-2-1-3-7-17/h1-4,6-7,9-12,14-15,27H,5,8,13,16H2,(H,24,28)(H,26,29). The van der Waals surface area contributed by atoms with Crippen LogP contribution in [0.25, 0.3) is 0 Å². The van der Waals surface area contributed by atoms with Gasteiger partial charge in [-0.2, -0.15) is 0 Å². The summed E-state index contributed by atoms with van der Waals surface area (Å²) in [7, 11) is -4.20. The smallest absolute Gasteiger partial charge is 0.266 e. The highest BCUT2D eigenvalue weighted by Gasteiger charge is 2.20. The maximum Gasteiger partial charge on any atom is 0.266 e. The number of hydrogen-bond donors (Lipinski definition) is 3. The molecule has 9 heteroatoms. The first-order valence-electron chi connectivity index (χ1n) is 9.94. The fraction of sp³-hybridized carbons (Fsp3) is 0.174. The van der Waals surface area contributed by atoms with Crippen LogP contribution in [0.3, 0.4) is 0 Å². The minimum absolute atomic E-state index is 0.0260. The topological polar surface area (TPSA) is 125 Å². The Bertz CT molecular complexity index is 1180. The predicted octanol–water partition coefficient (Wildman–Crippen LogP) is 2.06. The zero-order valence-corrected chi connectivity index (χ0v) is 18.0. The van der Waals surface area contributed by atoms with Gasteiger partial charge in [-0.3, -0.25) is 14.6 Å². The van der Waals surface area contributed by atoms with E-state index in [4.69, 9.17) is 5.11 Å². The van der Waals surface area contributed by atoms with E-state index in [1.165, 1.54) is 48.2 Å². The second-order valence-electron chi connectivity index (χ2n) is 7.00. The van der Waals surface area contributed by atoms with Crippen LogP contribution in [0.1, 0.15) is 38.4 Å². The number of aryl methyl sites for hydroxylation is 1. The molecule has 3 rings (SSSR count). The van der Waals surface area contributed by atoms with Crippen molar-refractivity contribution in [3.8, 4) is 0 Å². The molecule has 3 N–H and O–H groups in total. The van der Waals surface area contributed by atoms with Crippen LogP contribution in [0.4, 0.5) is 0 Å².